The first kappa shape index (κ1) is 15.6. The molecule has 5 nitrogen and oxygen atoms in total. The van der Waals surface area contributed by atoms with Gasteiger partial charge >= 0.3 is 0 Å². The zero-order valence-electron chi connectivity index (χ0n) is 12.8. The molecule has 0 aliphatic heterocycles. The van der Waals surface area contributed by atoms with Crippen LogP contribution in [0.15, 0.2) is 18.2 Å². The van der Waals surface area contributed by atoms with Gasteiger partial charge in [-0.2, -0.15) is 0 Å². The molecule has 0 spiro atoms. The minimum atomic E-state index is -0.255. The van der Waals surface area contributed by atoms with E-state index < -0.39 is 0 Å². The Morgan fingerprint density at radius 2 is 2.14 bits per heavy atom. The molecule has 116 valence electrons. The Balaban J connectivity index is 1.81. The molecular formula is C16H24N2O3. The molecule has 0 radical (unpaired) electrons. The van der Waals surface area contributed by atoms with Gasteiger partial charge in [0, 0.05) is 25.2 Å². The summed E-state index contributed by atoms with van der Waals surface area (Å²) in [7, 11) is 3.63. The van der Waals surface area contributed by atoms with Crippen LogP contribution in [0.4, 0.5) is 0 Å². The molecule has 0 bridgehead atoms. The topological polar surface area (TPSA) is 61.8 Å². The molecule has 1 aromatic carbocycles. The summed E-state index contributed by atoms with van der Waals surface area (Å²) in [6.45, 7) is 1.41. The third-order valence-electron chi connectivity index (χ3n) is 4.15. The number of phenolic OH excluding ortho intramolecular Hbond substituents is 1. The lowest BCUT2D eigenvalue weighted by Crippen LogP contribution is -2.37. The maximum Gasteiger partial charge on any atom is 0.255 e. The number of aromatic hydroxyl groups is 1. The van der Waals surface area contributed by atoms with Crippen molar-refractivity contribution < 1.29 is 14.6 Å². The lowest BCUT2D eigenvalue weighted by Gasteiger charge is -2.23. The molecule has 0 unspecified atom stereocenters. The molecule has 1 aliphatic carbocycles. The summed E-state index contributed by atoms with van der Waals surface area (Å²) in [4.78, 5) is 14.3. The Morgan fingerprint density at radius 3 is 2.76 bits per heavy atom. The molecule has 21 heavy (non-hydrogen) atoms. The highest BCUT2D eigenvalue weighted by Gasteiger charge is 2.19. The first-order chi connectivity index (χ1) is 10.1. The Bertz CT molecular complexity index is 484. The van der Waals surface area contributed by atoms with E-state index >= 15 is 0 Å². The van der Waals surface area contributed by atoms with E-state index in [0.717, 1.165) is 6.54 Å². The summed E-state index contributed by atoms with van der Waals surface area (Å²) in [6.07, 6.45) is 5.12. The number of methoxy groups -OCH3 is 1. The molecule has 1 amide bonds. The van der Waals surface area contributed by atoms with E-state index in [-0.39, 0.29) is 17.2 Å². The third kappa shape index (κ3) is 4.11. The lowest BCUT2D eigenvalue weighted by molar-refractivity contribution is 0.0944. The van der Waals surface area contributed by atoms with Crippen LogP contribution in [0.5, 0.6) is 11.5 Å². The van der Waals surface area contributed by atoms with Gasteiger partial charge in [0.05, 0.1) is 12.7 Å². The SMILES string of the molecule is COc1ccc(C(=O)NCCN(C)C2CCCC2)c(O)c1. The van der Waals surface area contributed by atoms with Gasteiger partial charge in [-0.3, -0.25) is 4.79 Å². The number of benzene rings is 1. The van der Waals surface area contributed by atoms with Gasteiger partial charge in [-0.25, -0.2) is 0 Å². The molecular weight excluding hydrogens is 268 g/mol. The molecule has 0 saturated heterocycles. The zero-order chi connectivity index (χ0) is 15.2. The van der Waals surface area contributed by atoms with Crippen molar-refractivity contribution in [3.05, 3.63) is 23.8 Å². The van der Waals surface area contributed by atoms with E-state index in [1.165, 1.54) is 38.9 Å². The number of nitrogens with one attached hydrogen (secondary N) is 1. The second kappa shape index (κ2) is 7.31. The van der Waals surface area contributed by atoms with E-state index in [1.54, 1.807) is 12.1 Å². The summed E-state index contributed by atoms with van der Waals surface area (Å²) in [5, 5.41) is 12.7. The minimum absolute atomic E-state index is 0.0593. The molecule has 1 saturated carbocycles. The van der Waals surface area contributed by atoms with E-state index in [2.05, 4.69) is 17.3 Å². The summed E-state index contributed by atoms with van der Waals surface area (Å²) in [5.74, 6) is 0.219. The van der Waals surface area contributed by atoms with Gasteiger partial charge in [0.1, 0.15) is 11.5 Å². The van der Waals surface area contributed by atoms with E-state index in [0.29, 0.717) is 18.3 Å². The predicted molar refractivity (Wildman–Crippen MR) is 81.9 cm³/mol. The molecule has 0 heterocycles. The largest absolute Gasteiger partial charge is 0.507 e. The van der Waals surface area contributed by atoms with Gasteiger partial charge in [-0.1, -0.05) is 12.8 Å². The van der Waals surface area contributed by atoms with Crippen molar-refractivity contribution in [1.82, 2.24) is 10.2 Å². The quantitative estimate of drug-likeness (QED) is 0.842. The lowest BCUT2D eigenvalue weighted by atomic mass is 10.1. The van der Waals surface area contributed by atoms with Gasteiger partial charge in [-0.15, -0.1) is 0 Å². The monoisotopic (exact) mass is 292 g/mol. The highest BCUT2D eigenvalue weighted by molar-refractivity contribution is 5.96. The maximum atomic E-state index is 12.0. The molecule has 5 heteroatoms. The molecule has 1 aromatic rings. The van der Waals surface area contributed by atoms with Crippen molar-refractivity contribution in [3.8, 4) is 11.5 Å². The van der Waals surface area contributed by atoms with Gasteiger partial charge in [0.15, 0.2) is 0 Å². The molecule has 1 fully saturated rings. The number of nitrogens with zero attached hydrogens (tertiary/aromatic N) is 1. The molecule has 0 aromatic heterocycles. The average Bonchev–Trinajstić information content (AvgIpc) is 3.01. The number of phenols is 1. The zero-order valence-corrected chi connectivity index (χ0v) is 12.8. The second-order valence-corrected chi connectivity index (χ2v) is 5.56. The van der Waals surface area contributed by atoms with Gasteiger partial charge < -0.3 is 20.1 Å². The van der Waals surface area contributed by atoms with Crippen LogP contribution in [-0.4, -0.2) is 49.2 Å². The molecule has 1 aliphatic rings. The average molecular weight is 292 g/mol. The fourth-order valence-corrected chi connectivity index (χ4v) is 2.80. The Kier molecular flexibility index (Phi) is 5.44. The van der Waals surface area contributed by atoms with Crippen molar-refractivity contribution in [3.63, 3.8) is 0 Å². The highest BCUT2D eigenvalue weighted by Crippen LogP contribution is 2.23. The van der Waals surface area contributed by atoms with Crippen LogP contribution in [0, 0.1) is 0 Å². The van der Waals surface area contributed by atoms with Crippen LogP contribution in [0.2, 0.25) is 0 Å². The number of carbonyl (C=O) groups is 1. The van der Waals surface area contributed by atoms with Crippen molar-refractivity contribution in [2.24, 2.45) is 0 Å². The standard InChI is InChI=1S/C16H24N2O3/c1-18(12-5-3-4-6-12)10-9-17-16(20)14-8-7-13(21-2)11-15(14)19/h7-8,11-12,19H,3-6,9-10H2,1-2H3,(H,17,20). The fraction of sp³-hybridized carbons (Fsp3) is 0.562. The number of likely N-dealkylation sites (N-methyl/N-ethyl adjacent to an activating group) is 1. The Labute approximate surface area is 125 Å². The number of hydrogen-bond acceptors (Lipinski definition) is 4. The number of hydrogen-bond donors (Lipinski definition) is 2. The molecule has 2 N–H and O–H groups in total. The van der Waals surface area contributed by atoms with E-state index in [9.17, 15) is 9.90 Å². The second-order valence-electron chi connectivity index (χ2n) is 5.56. The minimum Gasteiger partial charge on any atom is -0.507 e. The molecule has 0 atom stereocenters. The van der Waals surface area contributed by atoms with E-state index in [1.807, 2.05) is 0 Å². The van der Waals surface area contributed by atoms with Gasteiger partial charge in [0.2, 0.25) is 0 Å². The van der Waals surface area contributed by atoms with Crippen LogP contribution < -0.4 is 10.1 Å². The maximum absolute atomic E-state index is 12.0. The summed E-state index contributed by atoms with van der Waals surface area (Å²) >= 11 is 0. The molecule has 2 rings (SSSR count). The number of amides is 1. The van der Waals surface area contributed by atoms with Crippen molar-refractivity contribution >= 4 is 5.91 Å². The van der Waals surface area contributed by atoms with Crippen LogP contribution in [-0.2, 0) is 0 Å². The number of ether oxygens (including phenoxy) is 1. The fourth-order valence-electron chi connectivity index (χ4n) is 2.80. The third-order valence-corrected chi connectivity index (χ3v) is 4.15. The Hall–Kier alpha value is -1.75. The summed E-state index contributed by atoms with van der Waals surface area (Å²) < 4.78 is 5.00. The highest BCUT2D eigenvalue weighted by atomic mass is 16.5. The first-order valence-electron chi connectivity index (χ1n) is 7.47. The van der Waals surface area contributed by atoms with Gasteiger partial charge in [-0.05, 0) is 32.0 Å². The number of rotatable bonds is 6. The summed E-state index contributed by atoms with van der Waals surface area (Å²) in [6, 6.07) is 5.33. The smallest absolute Gasteiger partial charge is 0.255 e. The van der Waals surface area contributed by atoms with Crippen molar-refractivity contribution in [2.75, 3.05) is 27.2 Å². The normalized spacial score (nSPS) is 15.4. The number of carbonyl (C=O) groups excluding carboxylic acids is 1. The first-order valence-corrected chi connectivity index (χ1v) is 7.47. The van der Waals surface area contributed by atoms with Crippen LogP contribution in [0.1, 0.15) is 36.0 Å². The Morgan fingerprint density at radius 1 is 1.43 bits per heavy atom. The van der Waals surface area contributed by atoms with E-state index in [4.69, 9.17) is 4.74 Å². The van der Waals surface area contributed by atoms with Crippen LogP contribution in [0.3, 0.4) is 0 Å². The van der Waals surface area contributed by atoms with Gasteiger partial charge in [0.25, 0.3) is 5.91 Å². The predicted octanol–water partition coefficient (Wildman–Crippen LogP) is 2.00. The van der Waals surface area contributed by atoms with Crippen LogP contribution in [0.25, 0.3) is 0 Å². The van der Waals surface area contributed by atoms with Crippen molar-refractivity contribution in [2.45, 2.75) is 31.7 Å². The summed E-state index contributed by atoms with van der Waals surface area (Å²) in [5.41, 5.74) is 0.277. The van der Waals surface area contributed by atoms with Crippen molar-refractivity contribution in [1.29, 1.82) is 0 Å². The van der Waals surface area contributed by atoms with Crippen LogP contribution >= 0.6 is 0 Å².